The summed E-state index contributed by atoms with van der Waals surface area (Å²) in [4.78, 5) is 3.80. The Morgan fingerprint density at radius 2 is 1.95 bits per heavy atom. The molecule has 2 aromatic rings. The summed E-state index contributed by atoms with van der Waals surface area (Å²) >= 11 is 5.49. The van der Waals surface area contributed by atoms with Gasteiger partial charge in [-0.15, -0.1) is 11.3 Å². The molecule has 0 spiro atoms. The average Bonchev–Trinajstić information content (AvgIpc) is 2.82. The van der Waals surface area contributed by atoms with Gasteiger partial charge in [0.05, 0.1) is 3.79 Å². The second-order valence-corrected chi connectivity index (χ2v) is 8.40. The normalized spacial score (nSPS) is 18.5. The molecule has 3 heterocycles. The van der Waals surface area contributed by atoms with Gasteiger partial charge in [0.25, 0.3) is 0 Å². The molecule has 4 heteroatoms. The van der Waals surface area contributed by atoms with Crippen molar-refractivity contribution in [2.24, 2.45) is 0 Å². The van der Waals surface area contributed by atoms with E-state index < -0.39 is 0 Å². The third-order valence-electron chi connectivity index (χ3n) is 4.49. The van der Waals surface area contributed by atoms with Crippen LogP contribution in [0.15, 0.2) is 39.7 Å². The van der Waals surface area contributed by atoms with Crippen LogP contribution in [0.2, 0.25) is 0 Å². The summed E-state index contributed by atoms with van der Waals surface area (Å²) in [6.45, 7) is 2.94. The first kappa shape index (κ1) is 14.5. The van der Waals surface area contributed by atoms with Crippen molar-refractivity contribution < 1.29 is 4.74 Å². The van der Waals surface area contributed by atoms with Gasteiger partial charge in [0, 0.05) is 34.7 Å². The number of thiophene rings is 1. The SMILES string of the molecule is CN1CCC(=C2c3ccccc3OCc3cc(Br)sc32)CC1. The highest BCUT2D eigenvalue weighted by Gasteiger charge is 2.25. The lowest BCUT2D eigenvalue weighted by atomic mass is 9.91. The highest BCUT2D eigenvalue weighted by atomic mass is 79.9. The fourth-order valence-corrected chi connectivity index (χ4v) is 5.04. The van der Waals surface area contributed by atoms with Gasteiger partial charge >= 0.3 is 0 Å². The Morgan fingerprint density at radius 1 is 1.18 bits per heavy atom. The van der Waals surface area contributed by atoms with Crippen LogP contribution in [0.1, 0.15) is 28.8 Å². The largest absolute Gasteiger partial charge is 0.488 e. The molecule has 0 saturated carbocycles. The molecule has 0 radical (unpaired) electrons. The number of hydrogen-bond acceptors (Lipinski definition) is 3. The zero-order chi connectivity index (χ0) is 15.1. The molecule has 0 amide bonds. The minimum absolute atomic E-state index is 0.658. The van der Waals surface area contributed by atoms with E-state index in [9.17, 15) is 0 Å². The van der Waals surface area contributed by atoms with Gasteiger partial charge in [0.2, 0.25) is 0 Å². The van der Waals surface area contributed by atoms with Crippen molar-refractivity contribution >= 4 is 32.8 Å². The summed E-state index contributed by atoms with van der Waals surface area (Å²) in [5.74, 6) is 1.02. The van der Waals surface area contributed by atoms with Crippen molar-refractivity contribution in [3.8, 4) is 5.75 Å². The van der Waals surface area contributed by atoms with E-state index in [0.717, 1.165) is 31.7 Å². The lowest BCUT2D eigenvalue weighted by Gasteiger charge is -2.26. The van der Waals surface area contributed by atoms with Crippen LogP contribution >= 0.6 is 27.3 Å². The van der Waals surface area contributed by atoms with Crippen LogP contribution < -0.4 is 4.74 Å². The maximum atomic E-state index is 6.07. The highest BCUT2D eigenvalue weighted by molar-refractivity contribution is 9.11. The molecule has 1 aromatic carbocycles. The molecule has 1 aromatic heterocycles. The van der Waals surface area contributed by atoms with E-state index in [-0.39, 0.29) is 0 Å². The van der Waals surface area contributed by atoms with Crippen LogP contribution in [0, 0.1) is 0 Å². The topological polar surface area (TPSA) is 12.5 Å². The Morgan fingerprint density at radius 3 is 2.77 bits per heavy atom. The molecular weight excluding hydrogens is 358 g/mol. The van der Waals surface area contributed by atoms with Gasteiger partial charge in [-0.3, -0.25) is 0 Å². The molecule has 0 atom stereocenters. The molecule has 1 saturated heterocycles. The maximum absolute atomic E-state index is 6.07. The number of rotatable bonds is 0. The van der Waals surface area contributed by atoms with Crippen LogP contribution in [0.3, 0.4) is 0 Å². The predicted molar refractivity (Wildman–Crippen MR) is 95.5 cm³/mol. The van der Waals surface area contributed by atoms with Gasteiger partial charge in [-0.1, -0.05) is 23.8 Å². The van der Waals surface area contributed by atoms with Gasteiger partial charge in [-0.05, 0) is 48.0 Å². The van der Waals surface area contributed by atoms with E-state index >= 15 is 0 Å². The molecule has 0 unspecified atom stereocenters. The highest BCUT2D eigenvalue weighted by Crippen LogP contribution is 2.45. The first-order chi connectivity index (χ1) is 10.7. The van der Waals surface area contributed by atoms with E-state index in [4.69, 9.17) is 4.74 Å². The third kappa shape index (κ3) is 2.53. The summed E-state index contributed by atoms with van der Waals surface area (Å²) in [5.41, 5.74) is 5.56. The number of nitrogens with zero attached hydrogens (tertiary/aromatic N) is 1. The summed E-state index contributed by atoms with van der Waals surface area (Å²) in [6, 6.07) is 10.7. The molecular formula is C18H18BrNOS. The van der Waals surface area contributed by atoms with E-state index in [1.54, 1.807) is 5.57 Å². The number of hydrogen-bond donors (Lipinski definition) is 0. The molecule has 2 aliphatic rings. The number of benzene rings is 1. The number of ether oxygens (including phenoxy) is 1. The fraction of sp³-hybridized carbons (Fsp3) is 0.333. The molecule has 2 aliphatic heterocycles. The Hall–Kier alpha value is -1.10. The lowest BCUT2D eigenvalue weighted by molar-refractivity contribution is 0.307. The van der Waals surface area contributed by atoms with E-state index in [1.165, 1.54) is 25.4 Å². The number of halogens is 1. The van der Waals surface area contributed by atoms with Crippen LogP contribution in [0.25, 0.3) is 5.57 Å². The van der Waals surface area contributed by atoms with Crippen LogP contribution in [0.4, 0.5) is 0 Å². The lowest BCUT2D eigenvalue weighted by Crippen LogP contribution is -2.26. The van der Waals surface area contributed by atoms with Crippen molar-refractivity contribution in [1.82, 2.24) is 4.90 Å². The minimum atomic E-state index is 0.658. The second-order valence-electron chi connectivity index (χ2n) is 5.97. The summed E-state index contributed by atoms with van der Waals surface area (Å²) in [5, 5.41) is 0. The third-order valence-corrected chi connectivity index (χ3v) is 6.19. The predicted octanol–water partition coefficient (Wildman–Crippen LogP) is 4.93. The fourth-order valence-electron chi connectivity index (χ4n) is 3.28. The van der Waals surface area contributed by atoms with Gasteiger partial charge in [0.1, 0.15) is 12.4 Å². The van der Waals surface area contributed by atoms with Crippen molar-refractivity contribution in [3.63, 3.8) is 0 Å². The van der Waals surface area contributed by atoms with E-state index in [1.807, 2.05) is 11.3 Å². The first-order valence-corrected chi connectivity index (χ1v) is 9.24. The Bertz CT molecular complexity index is 739. The Balaban J connectivity index is 1.93. The average molecular weight is 376 g/mol. The van der Waals surface area contributed by atoms with Gasteiger partial charge in [-0.2, -0.15) is 0 Å². The zero-order valence-electron chi connectivity index (χ0n) is 12.6. The molecule has 4 rings (SSSR count). The van der Waals surface area contributed by atoms with Crippen molar-refractivity contribution in [1.29, 1.82) is 0 Å². The van der Waals surface area contributed by atoms with E-state index in [0.29, 0.717) is 6.61 Å². The molecule has 0 bridgehead atoms. The van der Waals surface area contributed by atoms with Crippen LogP contribution in [0.5, 0.6) is 5.75 Å². The maximum Gasteiger partial charge on any atom is 0.127 e. The molecule has 114 valence electrons. The van der Waals surface area contributed by atoms with Crippen molar-refractivity contribution in [3.05, 3.63) is 55.7 Å². The van der Waals surface area contributed by atoms with Gasteiger partial charge in [-0.25, -0.2) is 0 Å². The minimum Gasteiger partial charge on any atom is -0.488 e. The number of likely N-dealkylation sites (tertiary alicyclic amines) is 1. The van der Waals surface area contributed by atoms with E-state index in [2.05, 4.69) is 58.2 Å². The Labute approximate surface area is 143 Å². The quantitative estimate of drug-likeness (QED) is 0.647. The number of fused-ring (bicyclic) bond motifs is 2. The first-order valence-electron chi connectivity index (χ1n) is 7.64. The smallest absolute Gasteiger partial charge is 0.127 e. The standard InChI is InChI=1S/C18H18BrNOS/c1-20-8-6-12(7-9-20)17-14-4-2-3-5-15(14)21-11-13-10-16(19)22-18(13)17/h2-5,10H,6-9,11H2,1H3. The number of piperidine rings is 1. The molecule has 2 nitrogen and oxygen atoms in total. The number of para-hydroxylation sites is 1. The molecule has 22 heavy (non-hydrogen) atoms. The van der Waals surface area contributed by atoms with Gasteiger partial charge < -0.3 is 9.64 Å². The van der Waals surface area contributed by atoms with Crippen LogP contribution in [-0.2, 0) is 6.61 Å². The summed E-state index contributed by atoms with van der Waals surface area (Å²) in [6.07, 6.45) is 2.30. The summed E-state index contributed by atoms with van der Waals surface area (Å²) < 4.78 is 7.26. The monoisotopic (exact) mass is 375 g/mol. The molecule has 0 N–H and O–H groups in total. The second kappa shape index (κ2) is 5.84. The van der Waals surface area contributed by atoms with Crippen LogP contribution in [-0.4, -0.2) is 25.0 Å². The zero-order valence-corrected chi connectivity index (χ0v) is 15.0. The summed E-state index contributed by atoms with van der Waals surface area (Å²) in [7, 11) is 2.21. The molecule has 0 aliphatic carbocycles. The molecule has 1 fully saturated rings. The van der Waals surface area contributed by atoms with Crippen molar-refractivity contribution in [2.45, 2.75) is 19.4 Å². The van der Waals surface area contributed by atoms with Crippen molar-refractivity contribution in [2.75, 3.05) is 20.1 Å². The van der Waals surface area contributed by atoms with Gasteiger partial charge in [0.15, 0.2) is 0 Å². The Kier molecular flexibility index (Phi) is 3.84.